The van der Waals surface area contributed by atoms with Gasteiger partial charge in [-0.15, -0.1) is 0 Å². The minimum Gasteiger partial charge on any atom is -0.398 e. The topological polar surface area (TPSA) is 56.0 Å². The molecule has 2 unspecified atom stereocenters. The summed E-state index contributed by atoms with van der Waals surface area (Å²) in [4.78, 5) is 16.4. The number of anilines is 1. The second-order valence-electron chi connectivity index (χ2n) is 6.09. The van der Waals surface area contributed by atoms with Crippen molar-refractivity contribution in [2.24, 2.45) is 11.8 Å². The van der Waals surface area contributed by atoms with Crippen LogP contribution in [0.3, 0.4) is 0 Å². The summed E-state index contributed by atoms with van der Waals surface area (Å²) in [5.41, 5.74) is 7.54. The average molecular weight is 246 g/mol. The molecule has 3 nitrogen and oxygen atoms in total. The third kappa shape index (κ3) is 2.26. The smallest absolute Gasteiger partial charge is 0.137 e. The first-order valence-corrected chi connectivity index (χ1v) is 6.65. The van der Waals surface area contributed by atoms with Crippen LogP contribution in [0.5, 0.6) is 0 Å². The Kier molecular flexibility index (Phi) is 3.42. The van der Waals surface area contributed by atoms with Gasteiger partial charge in [0.05, 0.1) is 0 Å². The van der Waals surface area contributed by atoms with Crippen molar-refractivity contribution in [1.29, 1.82) is 0 Å². The average Bonchev–Trinajstić information content (AvgIpc) is 2.28. The molecule has 0 bridgehead atoms. The highest BCUT2D eigenvalue weighted by Crippen LogP contribution is 2.41. The lowest BCUT2D eigenvalue weighted by Gasteiger charge is -2.38. The molecule has 0 aliphatic heterocycles. The Labute approximate surface area is 109 Å². The summed E-state index contributed by atoms with van der Waals surface area (Å²) >= 11 is 0. The van der Waals surface area contributed by atoms with E-state index in [0.29, 0.717) is 18.1 Å². The number of rotatable bonds is 2. The van der Waals surface area contributed by atoms with E-state index in [1.165, 1.54) is 0 Å². The summed E-state index contributed by atoms with van der Waals surface area (Å²) < 4.78 is 0. The Morgan fingerprint density at radius 1 is 1.39 bits per heavy atom. The summed E-state index contributed by atoms with van der Waals surface area (Å²) in [6, 6.07) is 1.81. The van der Waals surface area contributed by atoms with Gasteiger partial charge >= 0.3 is 0 Å². The zero-order valence-corrected chi connectivity index (χ0v) is 11.4. The molecule has 18 heavy (non-hydrogen) atoms. The van der Waals surface area contributed by atoms with Crippen LogP contribution >= 0.6 is 0 Å². The number of aromatic nitrogens is 1. The molecule has 1 aromatic heterocycles. The SMILES string of the molecule is CC1CCC(C(C)(C)c2cnccc2N)C(=O)C1. The molecule has 1 aliphatic carbocycles. The monoisotopic (exact) mass is 246 g/mol. The molecule has 1 heterocycles. The van der Waals surface area contributed by atoms with Crippen LogP contribution in [0.1, 0.15) is 45.6 Å². The summed E-state index contributed by atoms with van der Waals surface area (Å²) in [6.45, 7) is 6.37. The van der Waals surface area contributed by atoms with Gasteiger partial charge in [-0.1, -0.05) is 20.8 Å². The molecule has 98 valence electrons. The molecule has 1 aliphatic rings. The Morgan fingerprint density at radius 3 is 2.72 bits per heavy atom. The Bertz CT molecular complexity index is 454. The van der Waals surface area contributed by atoms with Crippen molar-refractivity contribution in [3.63, 3.8) is 0 Å². The van der Waals surface area contributed by atoms with E-state index in [1.54, 1.807) is 12.4 Å². The van der Waals surface area contributed by atoms with Crippen LogP contribution in [0, 0.1) is 11.8 Å². The summed E-state index contributed by atoms with van der Waals surface area (Å²) in [5.74, 6) is 0.970. The van der Waals surface area contributed by atoms with Gasteiger partial charge in [0, 0.05) is 35.8 Å². The third-order valence-corrected chi connectivity index (χ3v) is 4.31. The molecule has 2 rings (SSSR count). The molecule has 0 saturated heterocycles. The van der Waals surface area contributed by atoms with E-state index in [1.807, 2.05) is 6.07 Å². The first-order valence-electron chi connectivity index (χ1n) is 6.65. The van der Waals surface area contributed by atoms with E-state index in [-0.39, 0.29) is 11.3 Å². The first-order chi connectivity index (χ1) is 8.43. The van der Waals surface area contributed by atoms with Crippen LogP contribution in [0.4, 0.5) is 5.69 Å². The molecule has 0 radical (unpaired) electrons. The number of nitrogens with zero attached hydrogens (tertiary/aromatic N) is 1. The van der Waals surface area contributed by atoms with Crippen LogP contribution in [0.2, 0.25) is 0 Å². The number of carbonyl (C=O) groups is 1. The number of nitrogens with two attached hydrogens (primary N) is 1. The fourth-order valence-electron chi connectivity index (χ4n) is 3.09. The van der Waals surface area contributed by atoms with Crippen LogP contribution in [0.25, 0.3) is 0 Å². The number of pyridine rings is 1. The van der Waals surface area contributed by atoms with Crippen molar-refractivity contribution in [1.82, 2.24) is 4.98 Å². The predicted octanol–water partition coefficient (Wildman–Crippen LogP) is 2.95. The quantitative estimate of drug-likeness (QED) is 0.872. The van der Waals surface area contributed by atoms with E-state index in [9.17, 15) is 4.79 Å². The standard InChI is InChI=1S/C15H22N2O/c1-10-4-5-11(14(18)8-10)15(2,3)12-9-17-7-6-13(12)16/h6-7,9-11H,4-5,8H2,1-3H3,(H2,16,17). The summed E-state index contributed by atoms with van der Waals surface area (Å²) in [5, 5.41) is 0. The molecule has 3 heteroatoms. The maximum Gasteiger partial charge on any atom is 0.137 e. The second kappa shape index (κ2) is 4.71. The van der Waals surface area contributed by atoms with E-state index in [2.05, 4.69) is 25.8 Å². The maximum atomic E-state index is 12.3. The number of ketones is 1. The van der Waals surface area contributed by atoms with Crippen molar-refractivity contribution in [3.8, 4) is 0 Å². The fourth-order valence-corrected chi connectivity index (χ4v) is 3.09. The number of Topliss-reactive ketones (excluding diaryl/α,β-unsaturated/α-hetero) is 1. The molecule has 1 saturated carbocycles. The van der Waals surface area contributed by atoms with Crippen molar-refractivity contribution >= 4 is 11.5 Å². The lowest BCUT2D eigenvalue weighted by Crippen LogP contribution is -2.38. The van der Waals surface area contributed by atoms with Gasteiger partial charge in [-0.05, 0) is 30.4 Å². The normalized spacial score (nSPS) is 25.2. The highest BCUT2D eigenvalue weighted by molar-refractivity contribution is 5.83. The first kappa shape index (κ1) is 13.1. The molecule has 0 spiro atoms. The zero-order chi connectivity index (χ0) is 13.3. The van der Waals surface area contributed by atoms with Gasteiger partial charge in [-0.2, -0.15) is 0 Å². The van der Waals surface area contributed by atoms with Crippen molar-refractivity contribution in [2.45, 2.75) is 45.4 Å². The number of nitrogen functional groups attached to an aromatic ring is 1. The van der Waals surface area contributed by atoms with E-state index in [0.717, 1.165) is 24.1 Å². The maximum absolute atomic E-state index is 12.3. The van der Waals surface area contributed by atoms with E-state index < -0.39 is 0 Å². The number of hydrogen-bond donors (Lipinski definition) is 1. The number of carbonyl (C=O) groups excluding carboxylic acids is 1. The molecule has 0 amide bonds. The molecule has 1 aromatic rings. The van der Waals surface area contributed by atoms with E-state index >= 15 is 0 Å². The van der Waals surface area contributed by atoms with Crippen LogP contribution in [-0.4, -0.2) is 10.8 Å². The summed E-state index contributed by atoms with van der Waals surface area (Å²) in [7, 11) is 0. The van der Waals surface area contributed by atoms with Crippen molar-refractivity contribution < 1.29 is 4.79 Å². The van der Waals surface area contributed by atoms with E-state index in [4.69, 9.17) is 5.73 Å². The lowest BCUT2D eigenvalue weighted by molar-refractivity contribution is -0.128. The second-order valence-corrected chi connectivity index (χ2v) is 6.09. The van der Waals surface area contributed by atoms with Gasteiger partial charge in [-0.25, -0.2) is 0 Å². The summed E-state index contributed by atoms with van der Waals surface area (Å²) in [6.07, 6.45) is 6.29. The predicted molar refractivity (Wildman–Crippen MR) is 73.2 cm³/mol. The highest BCUT2D eigenvalue weighted by Gasteiger charge is 2.40. The minimum absolute atomic E-state index is 0.0696. The van der Waals surface area contributed by atoms with Gasteiger partial charge in [0.2, 0.25) is 0 Å². The molecular weight excluding hydrogens is 224 g/mol. The lowest BCUT2D eigenvalue weighted by atomic mass is 9.65. The Hall–Kier alpha value is -1.38. The Balaban J connectivity index is 2.31. The van der Waals surface area contributed by atoms with Gasteiger partial charge in [-0.3, -0.25) is 9.78 Å². The molecule has 1 fully saturated rings. The molecule has 0 aromatic carbocycles. The van der Waals surface area contributed by atoms with Gasteiger partial charge in [0.25, 0.3) is 0 Å². The van der Waals surface area contributed by atoms with Crippen LogP contribution < -0.4 is 5.73 Å². The number of hydrogen-bond acceptors (Lipinski definition) is 3. The van der Waals surface area contributed by atoms with Gasteiger partial charge in [0.1, 0.15) is 5.78 Å². The van der Waals surface area contributed by atoms with Crippen molar-refractivity contribution in [3.05, 3.63) is 24.0 Å². The van der Waals surface area contributed by atoms with Crippen molar-refractivity contribution in [2.75, 3.05) is 5.73 Å². The third-order valence-electron chi connectivity index (χ3n) is 4.31. The Morgan fingerprint density at radius 2 is 2.11 bits per heavy atom. The minimum atomic E-state index is -0.227. The molecule has 2 N–H and O–H groups in total. The zero-order valence-electron chi connectivity index (χ0n) is 11.4. The fraction of sp³-hybridized carbons (Fsp3) is 0.600. The molecular formula is C15H22N2O. The van der Waals surface area contributed by atoms with Crippen LogP contribution in [0.15, 0.2) is 18.5 Å². The van der Waals surface area contributed by atoms with Gasteiger partial charge in [0.15, 0.2) is 0 Å². The van der Waals surface area contributed by atoms with Gasteiger partial charge < -0.3 is 5.73 Å². The molecule has 2 atom stereocenters. The highest BCUT2D eigenvalue weighted by atomic mass is 16.1. The largest absolute Gasteiger partial charge is 0.398 e. The van der Waals surface area contributed by atoms with Crippen LogP contribution in [-0.2, 0) is 10.2 Å².